The van der Waals surface area contributed by atoms with Crippen LogP contribution in [0.5, 0.6) is 0 Å². The molecule has 0 aliphatic rings. The lowest BCUT2D eigenvalue weighted by atomic mass is 10.1. The molecule has 2 aromatic carbocycles. The van der Waals surface area contributed by atoms with E-state index in [0.29, 0.717) is 5.56 Å². The fraction of sp³-hybridized carbons (Fsp3) is 0.0667. The summed E-state index contributed by atoms with van der Waals surface area (Å²) in [6.45, 7) is 0. The molecule has 1 unspecified atom stereocenters. The Labute approximate surface area is 125 Å². The number of carbonyl (C=O) groups excluding carboxylic acids is 1. The van der Waals surface area contributed by atoms with Crippen LogP contribution in [0.3, 0.4) is 0 Å². The Kier molecular flexibility index (Phi) is 4.55. The minimum absolute atomic E-state index is 0.155. The van der Waals surface area contributed by atoms with Crippen LogP contribution in [0.4, 0.5) is 4.39 Å². The first kappa shape index (κ1) is 15.0. The summed E-state index contributed by atoms with van der Waals surface area (Å²) in [5, 5.41) is 11.6. The lowest BCUT2D eigenvalue weighted by Gasteiger charge is -2.15. The Hall–Kier alpha value is -2.40. The van der Waals surface area contributed by atoms with Crippen LogP contribution in [0.15, 0.2) is 48.5 Å². The quantitative estimate of drug-likeness (QED) is 0.912. The Balaban J connectivity index is 2.25. The number of aliphatic carboxylic acids is 1. The molecule has 2 rings (SSSR count). The summed E-state index contributed by atoms with van der Waals surface area (Å²) in [6.07, 6.45) is 0. The smallest absolute Gasteiger partial charge is 0.330 e. The van der Waals surface area contributed by atoms with Crippen molar-refractivity contribution in [3.8, 4) is 0 Å². The third kappa shape index (κ3) is 3.58. The number of carboxylic acids is 1. The molecule has 4 nitrogen and oxygen atoms in total. The summed E-state index contributed by atoms with van der Waals surface area (Å²) in [6, 6.07) is 10.5. The van der Waals surface area contributed by atoms with Gasteiger partial charge >= 0.3 is 5.97 Å². The number of hydrogen-bond acceptors (Lipinski definition) is 2. The summed E-state index contributed by atoms with van der Waals surface area (Å²) < 4.78 is 13.7. The van der Waals surface area contributed by atoms with Crippen LogP contribution in [0.2, 0.25) is 5.02 Å². The number of benzene rings is 2. The van der Waals surface area contributed by atoms with Gasteiger partial charge in [0.15, 0.2) is 6.04 Å². The molecule has 2 aromatic rings. The van der Waals surface area contributed by atoms with E-state index in [0.717, 1.165) is 6.07 Å². The third-order valence-electron chi connectivity index (χ3n) is 2.83. The minimum Gasteiger partial charge on any atom is -0.479 e. The molecule has 0 saturated heterocycles. The van der Waals surface area contributed by atoms with Crippen molar-refractivity contribution in [1.82, 2.24) is 5.32 Å². The van der Waals surface area contributed by atoms with Crippen molar-refractivity contribution < 1.29 is 19.1 Å². The lowest BCUT2D eigenvalue weighted by Crippen LogP contribution is -2.34. The summed E-state index contributed by atoms with van der Waals surface area (Å²) in [7, 11) is 0. The fourth-order valence-corrected chi connectivity index (χ4v) is 1.97. The first-order valence-electron chi connectivity index (χ1n) is 6.02. The lowest BCUT2D eigenvalue weighted by molar-refractivity contribution is -0.139. The van der Waals surface area contributed by atoms with Crippen LogP contribution >= 0.6 is 11.6 Å². The van der Waals surface area contributed by atoms with E-state index in [1.165, 1.54) is 12.1 Å². The van der Waals surface area contributed by atoms with E-state index in [9.17, 15) is 19.1 Å². The van der Waals surface area contributed by atoms with Crippen molar-refractivity contribution >= 4 is 23.5 Å². The molecule has 108 valence electrons. The van der Waals surface area contributed by atoms with Crippen molar-refractivity contribution in [2.75, 3.05) is 0 Å². The zero-order chi connectivity index (χ0) is 15.4. The van der Waals surface area contributed by atoms with Crippen molar-refractivity contribution in [2.45, 2.75) is 6.04 Å². The molecule has 0 radical (unpaired) electrons. The van der Waals surface area contributed by atoms with Crippen LogP contribution in [0.25, 0.3) is 0 Å². The molecule has 0 saturated carbocycles. The Bertz CT molecular complexity index is 676. The van der Waals surface area contributed by atoms with Gasteiger partial charge in [-0.2, -0.15) is 0 Å². The molecule has 6 heteroatoms. The minimum atomic E-state index is -1.26. The van der Waals surface area contributed by atoms with Gasteiger partial charge in [-0.3, -0.25) is 4.79 Å². The fourth-order valence-electron chi connectivity index (χ4n) is 1.82. The molecule has 0 heterocycles. The van der Waals surface area contributed by atoms with E-state index in [1.54, 1.807) is 30.3 Å². The molecule has 0 spiro atoms. The van der Waals surface area contributed by atoms with E-state index in [2.05, 4.69) is 5.32 Å². The highest BCUT2D eigenvalue weighted by Gasteiger charge is 2.23. The van der Waals surface area contributed by atoms with Crippen molar-refractivity contribution in [3.05, 3.63) is 70.5 Å². The zero-order valence-electron chi connectivity index (χ0n) is 10.7. The van der Waals surface area contributed by atoms with Crippen molar-refractivity contribution in [2.24, 2.45) is 0 Å². The maximum absolute atomic E-state index is 13.7. The van der Waals surface area contributed by atoms with Gasteiger partial charge in [-0.25, -0.2) is 9.18 Å². The van der Waals surface area contributed by atoms with Gasteiger partial charge in [0, 0.05) is 5.02 Å². The maximum atomic E-state index is 13.7. The Morgan fingerprint density at radius 1 is 1.14 bits per heavy atom. The van der Waals surface area contributed by atoms with Gasteiger partial charge in [0.2, 0.25) is 0 Å². The molecule has 0 fully saturated rings. The highest BCUT2D eigenvalue weighted by molar-refractivity contribution is 6.30. The maximum Gasteiger partial charge on any atom is 0.330 e. The highest BCUT2D eigenvalue weighted by atomic mass is 35.5. The average molecular weight is 308 g/mol. The van der Waals surface area contributed by atoms with Gasteiger partial charge in [-0.1, -0.05) is 41.9 Å². The van der Waals surface area contributed by atoms with Gasteiger partial charge in [-0.15, -0.1) is 0 Å². The first-order chi connectivity index (χ1) is 9.99. The van der Waals surface area contributed by atoms with Gasteiger partial charge in [-0.05, 0) is 23.8 Å². The standard InChI is InChI=1S/C15H11ClFNO3/c16-10-6-7-11(12(17)8-10)14(19)18-13(15(20)21)9-4-2-1-3-5-9/h1-8,13H,(H,18,19)(H,20,21). The van der Waals surface area contributed by atoms with E-state index < -0.39 is 23.7 Å². The second kappa shape index (κ2) is 6.37. The van der Waals surface area contributed by atoms with E-state index >= 15 is 0 Å². The monoisotopic (exact) mass is 307 g/mol. The number of halogens is 2. The summed E-state index contributed by atoms with van der Waals surface area (Å²) in [5.41, 5.74) is 0.134. The predicted octanol–water partition coefficient (Wildman–Crippen LogP) is 3.03. The van der Waals surface area contributed by atoms with Crippen LogP contribution in [0, 0.1) is 5.82 Å². The Morgan fingerprint density at radius 2 is 1.81 bits per heavy atom. The third-order valence-corrected chi connectivity index (χ3v) is 3.07. The van der Waals surface area contributed by atoms with Crippen molar-refractivity contribution in [3.63, 3.8) is 0 Å². The summed E-state index contributed by atoms with van der Waals surface area (Å²) in [4.78, 5) is 23.3. The predicted molar refractivity (Wildman–Crippen MR) is 75.7 cm³/mol. The number of amides is 1. The largest absolute Gasteiger partial charge is 0.479 e. The molecular formula is C15H11ClFNO3. The number of nitrogens with one attached hydrogen (secondary N) is 1. The number of carboxylic acid groups (broad SMARTS) is 1. The number of carbonyl (C=O) groups is 2. The zero-order valence-corrected chi connectivity index (χ0v) is 11.5. The van der Waals surface area contributed by atoms with Crippen LogP contribution in [0.1, 0.15) is 22.0 Å². The van der Waals surface area contributed by atoms with E-state index in [-0.39, 0.29) is 10.6 Å². The van der Waals surface area contributed by atoms with Gasteiger partial charge in [0.05, 0.1) is 5.56 Å². The Morgan fingerprint density at radius 3 is 2.38 bits per heavy atom. The van der Waals surface area contributed by atoms with Gasteiger partial charge in [0.1, 0.15) is 5.82 Å². The molecule has 0 bridgehead atoms. The van der Waals surface area contributed by atoms with Gasteiger partial charge < -0.3 is 10.4 Å². The molecule has 21 heavy (non-hydrogen) atoms. The van der Waals surface area contributed by atoms with E-state index in [1.807, 2.05) is 0 Å². The molecule has 1 amide bonds. The second-order valence-corrected chi connectivity index (χ2v) is 4.72. The highest BCUT2D eigenvalue weighted by Crippen LogP contribution is 2.17. The topological polar surface area (TPSA) is 66.4 Å². The molecule has 0 aromatic heterocycles. The van der Waals surface area contributed by atoms with Crippen LogP contribution in [-0.4, -0.2) is 17.0 Å². The van der Waals surface area contributed by atoms with Gasteiger partial charge in [0.25, 0.3) is 5.91 Å². The van der Waals surface area contributed by atoms with Crippen LogP contribution in [-0.2, 0) is 4.79 Å². The molecule has 0 aliphatic heterocycles. The number of hydrogen-bond donors (Lipinski definition) is 2. The molecular weight excluding hydrogens is 297 g/mol. The second-order valence-electron chi connectivity index (χ2n) is 4.28. The average Bonchev–Trinajstić information content (AvgIpc) is 2.45. The summed E-state index contributed by atoms with van der Waals surface area (Å²) in [5.74, 6) is -2.86. The molecule has 1 atom stereocenters. The number of rotatable bonds is 4. The first-order valence-corrected chi connectivity index (χ1v) is 6.40. The SMILES string of the molecule is O=C(NC(C(=O)O)c1ccccc1)c1ccc(Cl)cc1F. The normalized spacial score (nSPS) is 11.7. The molecule has 2 N–H and O–H groups in total. The van der Waals surface area contributed by atoms with Crippen molar-refractivity contribution in [1.29, 1.82) is 0 Å². The summed E-state index contributed by atoms with van der Waals surface area (Å²) >= 11 is 5.61. The van der Waals surface area contributed by atoms with E-state index in [4.69, 9.17) is 11.6 Å². The molecule has 0 aliphatic carbocycles. The van der Waals surface area contributed by atoms with Crippen LogP contribution < -0.4 is 5.32 Å².